The second kappa shape index (κ2) is 4.80. The van der Waals surface area contributed by atoms with Gasteiger partial charge in [0.1, 0.15) is 6.33 Å². The van der Waals surface area contributed by atoms with Gasteiger partial charge in [-0.3, -0.25) is 4.98 Å². The third-order valence-corrected chi connectivity index (χ3v) is 3.31. The fourth-order valence-electron chi connectivity index (χ4n) is 2.30. The number of benzene rings is 1. The Labute approximate surface area is 116 Å². The first kappa shape index (κ1) is 12.4. The highest BCUT2D eigenvalue weighted by Gasteiger charge is 2.13. The molecule has 0 bridgehead atoms. The number of pyridine rings is 1. The number of fused-ring (bicyclic) bond motifs is 1. The van der Waals surface area contributed by atoms with Crippen LogP contribution in [0.1, 0.15) is 18.8 Å². The monoisotopic (exact) mass is 268 g/mol. The van der Waals surface area contributed by atoms with E-state index < -0.39 is 0 Å². The SMILES string of the molecule is CC(Nc1ccc(N)c2ncccc12)c1nncn1C. The molecular weight excluding hydrogens is 252 g/mol. The molecule has 6 heteroatoms. The molecule has 1 atom stereocenters. The molecule has 3 rings (SSSR count). The number of hydrogen-bond donors (Lipinski definition) is 2. The van der Waals surface area contributed by atoms with Crippen LogP contribution in [0.4, 0.5) is 11.4 Å². The minimum Gasteiger partial charge on any atom is -0.397 e. The summed E-state index contributed by atoms with van der Waals surface area (Å²) in [6, 6.07) is 7.77. The Morgan fingerprint density at radius 1 is 1.30 bits per heavy atom. The van der Waals surface area contributed by atoms with E-state index >= 15 is 0 Å². The van der Waals surface area contributed by atoms with E-state index in [1.165, 1.54) is 0 Å². The van der Waals surface area contributed by atoms with Crippen LogP contribution < -0.4 is 11.1 Å². The van der Waals surface area contributed by atoms with Gasteiger partial charge in [0.2, 0.25) is 0 Å². The number of aromatic nitrogens is 4. The van der Waals surface area contributed by atoms with Crippen molar-refractivity contribution in [3.8, 4) is 0 Å². The van der Waals surface area contributed by atoms with Crippen molar-refractivity contribution in [1.82, 2.24) is 19.7 Å². The highest BCUT2D eigenvalue weighted by atomic mass is 15.3. The minimum atomic E-state index is 0.0366. The number of anilines is 2. The van der Waals surface area contributed by atoms with Crippen molar-refractivity contribution in [2.24, 2.45) is 7.05 Å². The molecule has 1 aromatic carbocycles. The summed E-state index contributed by atoms with van der Waals surface area (Å²) in [7, 11) is 1.93. The van der Waals surface area contributed by atoms with Crippen LogP contribution in [-0.4, -0.2) is 19.7 Å². The molecule has 0 fully saturated rings. The van der Waals surface area contributed by atoms with E-state index in [0.29, 0.717) is 5.69 Å². The van der Waals surface area contributed by atoms with Crippen molar-refractivity contribution >= 4 is 22.3 Å². The zero-order chi connectivity index (χ0) is 14.1. The molecule has 3 N–H and O–H groups in total. The molecule has 0 aliphatic carbocycles. The lowest BCUT2D eigenvalue weighted by Crippen LogP contribution is -2.12. The molecular formula is C14H16N6. The van der Waals surface area contributed by atoms with Crippen molar-refractivity contribution in [1.29, 1.82) is 0 Å². The molecule has 2 heterocycles. The Morgan fingerprint density at radius 3 is 2.90 bits per heavy atom. The Bertz CT molecular complexity index is 748. The first-order valence-corrected chi connectivity index (χ1v) is 6.40. The number of nitrogens with two attached hydrogens (primary N) is 1. The van der Waals surface area contributed by atoms with E-state index in [0.717, 1.165) is 22.4 Å². The Morgan fingerprint density at radius 2 is 2.15 bits per heavy atom. The summed E-state index contributed by atoms with van der Waals surface area (Å²) in [6.07, 6.45) is 3.44. The average Bonchev–Trinajstić information content (AvgIpc) is 2.88. The fourth-order valence-corrected chi connectivity index (χ4v) is 2.30. The lowest BCUT2D eigenvalue weighted by molar-refractivity contribution is 0.720. The predicted octanol–water partition coefficient (Wildman–Crippen LogP) is 2.12. The summed E-state index contributed by atoms with van der Waals surface area (Å²) in [5, 5.41) is 12.5. The van der Waals surface area contributed by atoms with Gasteiger partial charge in [-0.15, -0.1) is 10.2 Å². The van der Waals surface area contributed by atoms with E-state index in [9.17, 15) is 0 Å². The zero-order valence-electron chi connectivity index (χ0n) is 11.4. The minimum absolute atomic E-state index is 0.0366. The van der Waals surface area contributed by atoms with Crippen molar-refractivity contribution in [2.75, 3.05) is 11.1 Å². The Hall–Kier alpha value is -2.63. The highest BCUT2D eigenvalue weighted by molar-refractivity contribution is 5.98. The van der Waals surface area contributed by atoms with Crippen molar-refractivity contribution in [3.63, 3.8) is 0 Å². The van der Waals surface area contributed by atoms with Crippen LogP contribution in [0.3, 0.4) is 0 Å². The van der Waals surface area contributed by atoms with Crippen LogP contribution in [0.5, 0.6) is 0 Å². The maximum atomic E-state index is 5.96. The van der Waals surface area contributed by atoms with Crippen LogP contribution in [0.2, 0.25) is 0 Å². The van der Waals surface area contributed by atoms with E-state index in [1.54, 1.807) is 12.5 Å². The fraction of sp³-hybridized carbons (Fsp3) is 0.214. The summed E-state index contributed by atoms with van der Waals surface area (Å²) in [5.41, 5.74) is 8.43. The predicted molar refractivity (Wildman–Crippen MR) is 79.2 cm³/mol. The van der Waals surface area contributed by atoms with Crippen molar-refractivity contribution in [2.45, 2.75) is 13.0 Å². The first-order valence-electron chi connectivity index (χ1n) is 6.40. The molecule has 1 unspecified atom stereocenters. The smallest absolute Gasteiger partial charge is 0.154 e. The third-order valence-electron chi connectivity index (χ3n) is 3.31. The first-order chi connectivity index (χ1) is 9.66. The van der Waals surface area contributed by atoms with Gasteiger partial charge >= 0.3 is 0 Å². The van der Waals surface area contributed by atoms with Gasteiger partial charge in [-0.25, -0.2) is 0 Å². The van der Waals surface area contributed by atoms with Gasteiger partial charge in [0, 0.05) is 24.3 Å². The lowest BCUT2D eigenvalue weighted by atomic mass is 10.1. The standard InChI is InChI=1S/C14H16N6/c1-9(14-19-17-8-20(14)2)18-12-6-5-11(15)13-10(12)4-3-7-16-13/h3-9,18H,15H2,1-2H3. The molecule has 2 aromatic heterocycles. The number of nitrogens with zero attached hydrogens (tertiary/aromatic N) is 4. The van der Waals surface area contributed by atoms with E-state index in [4.69, 9.17) is 5.73 Å². The molecule has 20 heavy (non-hydrogen) atoms. The summed E-state index contributed by atoms with van der Waals surface area (Å²) < 4.78 is 1.90. The van der Waals surface area contributed by atoms with Gasteiger partial charge in [0.05, 0.1) is 17.2 Å². The van der Waals surface area contributed by atoms with Crippen LogP contribution in [-0.2, 0) is 7.05 Å². The van der Waals surface area contributed by atoms with E-state index in [2.05, 4.69) is 20.5 Å². The zero-order valence-corrected chi connectivity index (χ0v) is 11.4. The van der Waals surface area contributed by atoms with Crippen LogP contribution in [0.15, 0.2) is 36.8 Å². The van der Waals surface area contributed by atoms with Crippen LogP contribution in [0, 0.1) is 0 Å². The van der Waals surface area contributed by atoms with Crippen molar-refractivity contribution < 1.29 is 0 Å². The molecule has 6 nitrogen and oxygen atoms in total. The maximum absolute atomic E-state index is 5.96. The largest absolute Gasteiger partial charge is 0.397 e. The lowest BCUT2D eigenvalue weighted by Gasteiger charge is -2.16. The second-order valence-corrected chi connectivity index (χ2v) is 4.77. The van der Waals surface area contributed by atoms with E-state index in [-0.39, 0.29) is 6.04 Å². The number of hydrogen-bond acceptors (Lipinski definition) is 5. The summed E-state index contributed by atoms with van der Waals surface area (Å²) in [5.74, 6) is 0.874. The number of nitrogens with one attached hydrogen (secondary N) is 1. The van der Waals surface area contributed by atoms with Crippen LogP contribution >= 0.6 is 0 Å². The molecule has 0 aliphatic rings. The van der Waals surface area contributed by atoms with Gasteiger partial charge in [-0.2, -0.15) is 0 Å². The topological polar surface area (TPSA) is 81.7 Å². The number of rotatable bonds is 3. The summed E-state index contributed by atoms with van der Waals surface area (Å²) >= 11 is 0. The summed E-state index contributed by atoms with van der Waals surface area (Å²) in [6.45, 7) is 2.04. The molecule has 0 saturated heterocycles. The second-order valence-electron chi connectivity index (χ2n) is 4.77. The Kier molecular flexibility index (Phi) is 2.98. The summed E-state index contributed by atoms with van der Waals surface area (Å²) in [4.78, 5) is 4.33. The van der Waals surface area contributed by atoms with Gasteiger partial charge < -0.3 is 15.6 Å². The molecule has 3 aromatic rings. The molecule has 0 amide bonds. The molecule has 102 valence electrons. The average molecular weight is 268 g/mol. The van der Waals surface area contributed by atoms with Gasteiger partial charge in [0.15, 0.2) is 5.82 Å². The Balaban J connectivity index is 1.99. The van der Waals surface area contributed by atoms with Gasteiger partial charge in [-0.05, 0) is 31.2 Å². The third kappa shape index (κ3) is 2.05. The number of nitrogen functional groups attached to an aromatic ring is 1. The van der Waals surface area contributed by atoms with Gasteiger partial charge in [-0.1, -0.05) is 0 Å². The molecule has 0 saturated carbocycles. The number of aryl methyl sites for hydroxylation is 1. The van der Waals surface area contributed by atoms with Crippen molar-refractivity contribution in [3.05, 3.63) is 42.6 Å². The van der Waals surface area contributed by atoms with E-state index in [1.807, 2.05) is 42.8 Å². The molecule has 0 radical (unpaired) electrons. The normalized spacial score (nSPS) is 12.5. The highest BCUT2D eigenvalue weighted by Crippen LogP contribution is 2.28. The maximum Gasteiger partial charge on any atom is 0.154 e. The molecule has 0 aliphatic heterocycles. The van der Waals surface area contributed by atoms with Crippen LogP contribution in [0.25, 0.3) is 10.9 Å². The quantitative estimate of drug-likeness (QED) is 0.711. The molecule has 0 spiro atoms. The van der Waals surface area contributed by atoms with Gasteiger partial charge in [0.25, 0.3) is 0 Å².